The molecule has 3 aromatic carbocycles. The van der Waals surface area contributed by atoms with Gasteiger partial charge in [-0.2, -0.15) is 0 Å². The Morgan fingerprint density at radius 1 is 1.20 bits per heavy atom. The number of aromatic nitrogens is 2. The number of imidazole rings is 1. The van der Waals surface area contributed by atoms with Gasteiger partial charge in [-0.15, -0.1) is 0 Å². The lowest BCUT2D eigenvalue weighted by atomic mass is 9.97. The van der Waals surface area contributed by atoms with E-state index in [2.05, 4.69) is 22.5 Å². The Kier molecular flexibility index (Phi) is 7.35. The minimum atomic E-state index is -1.31. The Bertz CT molecular complexity index is 1800. The molecule has 8 nitrogen and oxygen atoms in total. The first-order chi connectivity index (χ1) is 21.2. The number of benzene rings is 3. The molecule has 0 radical (unpaired) electrons. The molecule has 0 bridgehead atoms. The second-order valence-electron chi connectivity index (χ2n) is 11.6. The van der Waals surface area contributed by atoms with Crippen LogP contribution in [0.15, 0.2) is 60.7 Å². The highest BCUT2D eigenvalue weighted by Crippen LogP contribution is 2.49. The lowest BCUT2D eigenvalue weighted by Gasteiger charge is -2.33. The number of ether oxygens (including phenoxy) is 4. The fraction of sp³-hybridized carbons (Fsp3) is 0.353. The summed E-state index contributed by atoms with van der Waals surface area (Å²) in [5.41, 5.74) is 4.61. The van der Waals surface area contributed by atoms with Crippen molar-refractivity contribution in [2.24, 2.45) is 0 Å². The first-order valence-electron chi connectivity index (χ1n) is 14.8. The monoisotopic (exact) mass is 617 g/mol. The third-order valence-electron chi connectivity index (χ3n) is 8.89. The van der Waals surface area contributed by atoms with E-state index in [9.17, 15) is 9.18 Å². The second-order valence-corrected chi connectivity index (χ2v) is 12.1. The van der Waals surface area contributed by atoms with E-state index in [0.717, 1.165) is 54.0 Å². The molecule has 228 valence electrons. The quantitative estimate of drug-likeness (QED) is 0.209. The van der Waals surface area contributed by atoms with E-state index in [0.29, 0.717) is 35.2 Å². The van der Waals surface area contributed by atoms with Crippen LogP contribution >= 0.6 is 11.6 Å². The molecule has 4 heterocycles. The maximum atomic E-state index is 14.8. The average molecular weight is 618 g/mol. The van der Waals surface area contributed by atoms with Crippen molar-refractivity contribution < 1.29 is 28.1 Å². The van der Waals surface area contributed by atoms with Gasteiger partial charge in [0.25, 0.3) is 5.79 Å². The van der Waals surface area contributed by atoms with Crippen molar-refractivity contribution in [3.05, 3.63) is 94.0 Å². The maximum Gasteiger partial charge on any atom is 0.337 e. The van der Waals surface area contributed by atoms with Gasteiger partial charge < -0.3 is 23.5 Å². The number of methoxy groups -OCH3 is 1. The summed E-state index contributed by atoms with van der Waals surface area (Å²) in [7, 11) is 1.39. The summed E-state index contributed by atoms with van der Waals surface area (Å²) >= 11 is 5.98. The highest BCUT2D eigenvalue weighted by molar-refractivity contribution is 6.30. The van der Waals surface area contributed by atoms with Gasteiger partial charge in [0.15, 0.2) is 11.5 Å². The van der Waals surface area contributed by atoms with Crippen LogP contribution in [0.3, 0.4) is 0 Å². The lowest BCUT2D eigenvalue weighted by Crippen LogP contribution is -2.35. The molecule has 0 aliphatic carbocycles. The van der Waals surface area contributed by atoms with Crippen LogP contribution in [0.4, 0.5) is 4.39 Å². The molecule has 1 saturated heterocycles. The molecule has 7 rings (SSSR count). The molecular formula is C34H33ClFN3O5. The minimum absolute atomic E-state index is 0.0131. The third kappa shape index (κ3) is 5.02. The molecule has 0 N–H and O–H groups in total. The van der Waals surface area contributed by atoms with Gasteiger partial charge in [0, 0.05) is 37.2 Å². The molecule has 1 aromatic heterocycles. The highest BCUT2D eigenvalue weighted by atomic mass is 35.5. The first-order valence-corrected chi connectivity index (χ1v) is 15.2. The normalized spacial score (nSPS) is 22.0. The largest absolute Gasteiger partial charge is 0.465 e. The van der Waals surface area contributed by atoms with Crippen molar-refractivity contribution in [1.29, 1.82) is 0 Å². The SMILES string of the molecule is COC(=O)c1ccc2nc(C(C)N3CC=C(c4cccc5c4OC(C)(c4ccc(Cl)cc4F)O5)CC3)n(C[C@@H]3CCO3)c2c1. The van der Waals surface area contributed by atoms with Crippen LogP contribution < -0.4 is 9.47 Å². The number of carbonyl (C=O) groups is 1. The van der Waals surface area contributed by atoms with Gasteiger partial charge >= 0.3 is 5.97 Å². The van der Waals surface area contributed by atoms with E-state index in [1.54, 1.807) is 25.1 Å². The summed E-state index contributed by atoms with van der Waals surface area (Å²) in [6.07, 6.45) is 4.13. The number of esters is 1. The van der Waals surface area contributed by atoms with Crippen LogP contribution in [0, 0.1) is 5.82 Å². The number of halogens is 2. The highest BCUT2D eigenvalue weighted by Gasteiger charge is 2.42. The molecule has 0 saturated carbocycles. The van der Waals surface area contributed by atoms with E-state index < -0.39 is 11.6 Å². The van der Waals surface area contributed by atoms with Crippen molar-refractivity contribution in [2.75, 3.05) is 26.8 Å². The topological polar surface area (TPSA) is 75.0 Å². The van der Waals surface area contributed by atoms with Gasteiger partial charge in [0.05, 0.1) is 48.0 Å². The van der Waals surface area contributed by atoms with Crippen LogP contribution in [-0.2, 0) is 21.8 Å². The molecule has 1 fully saturated rings. The number of fused-ring (bicyclic) bond motifs is 2. The van der Waals surface area contributed by atoms with Gasteiger partial charge in [-0.05, 0) is 67.8 Å². The minimum Gasteiger partial charge on any atom is -0.465 e. The summed E-state index contributed by atoms with van der Waals surface area (Å²) in [5, 5.41) is 0.315. The van der Waals surface area contributed by atoms with E-state index in [-0.39, 0.29) is 23.7 Å². The Hall–Kier alpha value is -3.92. The van der Waals surface area contributed by atoms with Crippen molar-refractivity contribution in [1.82, 2.24) is 14.5 Å². The molecule has 4 aromatic rings. The molecule has 3 aliphatic heterocycles. The second kappa shape index (κ2) is 11.2. The predicted molar refractivity (Wildman–Crippen MR) is 164 cm³/mol. The van der Waals surface area contributed by atoms with E-state index in [4.69, 9.17) is 35.5 Å². The van der Waals surface area contributed by atoms with Crippen molar-refractivity contribution >= 4 is 34.2 Å². The fourth-order valence-electron chi connectivity index (χ4n) is 6.32. The van der Waals surface area contributed by atoms with E-state index >= 15 is 0 Å². The zero-order chi connectivity index (χ0) is 30.6. The molecule has 3 aliphatic rings. The standard InChI is InChI=1S/C34H33ClFN3O5/c1-20(32-37-28-10-7-22(33(40)41-3)17-29(28)39(32)19-24-13-16-42-24)38-14-11-21(12-15-38)25-5-4-6-30-31(25)44-34(2,43-30)26-9-8-23(35)18-27(26)36/h4-11,17-18,20,24H,12-16,19H2,1-3H3/t20?,24-,34?/m0/s1. The van der Waals surface area contributed by atoms with Crippen molar-refractivity contribution in [3.63, 3.8) is 0 Å². The Morgan fingerprint density at radius 2 is 2.05 bits per heavy atom. The van der Waals surface area contributed by atoms with E-state index in [1.807, 2.05) is 30.3 Å². The molecule has 0 spiro atoms. The molecule has 44 heavy (non-hydrogen) atoms. The lowest BCUT2D eigenvalue weighted by molar-refractivity contribution is -0.0708. The number of nitrogens with zero attached hydrogens (tertiary/aromatic N) is 3. The molecule has 3 atom stereocenters. The molecule has 2 unspecified atom stereocenters. The summed E-state index contributed by atoms with van der Waals surface area (Å²) < 4.78 is 40.3. The predicted octanol–water partition coefficient (Wildman–Crippen LogP) is 6.90. The Balaban J connectivity index is 1.14. The number of carbonyl (C=O) groups excluding carboxylic acids is 1. The van der Waals surface area contributed by atoms with Gasteiger partial charge in [-0.25, -0.2) is 14.2 Å². The Morgan fingerprint density at radius 3 is 2.75 bits per heavy atom. The van der Waals surface area contributed by atoms with Crippen LogP contribution in [0.5, 0.6) is 11.5 Å². The maximum absolute atomic E-state index is 14.8. The van der Waals surface area contributed by atoms with Crippen molar-refractivity contribution in [3.8, 4) is 11.5 Å². The number of para-hydroxylation sites is 1. The van der Waals surface area contributed by atoms with Crippen LogP contribution in [0.1, 0.15) is 60.0 Å². The zero-order valence-corrected chi connectivity index (χ0v) is 25.6. The van der Waals surface area contributed by atoms with Crippen LogP contribution in [-0.4, -0.2) is 53.3 Å². The molecule has 10 heteroatoms. The number of rotatable bonds is 7. The van der Waals surface area contributed by atoms with Gasteiger partial charge in [-0.1, -0.05) is 29.8 Å². The smallest absolute Gasteiger partial charge is 0.337 e. The van der Waals surface area contributed by atoms with E-state index in [1.165, 1.54) is 13.2 Å². The average Bonchev–Trinajstić information content (AvgIpc) is 3.55. The molecule has 0 amide bonds. The van der Waals surface area contributed by atoms with Gasteiger partial charge in [0.2, 0.25) is 0 Å². The zero-order valence-electron chi connectivity index (χ0n) is 24.8. The molecular weight excluding hydrogens is 585 g/mol. The summed E-state index contributed by atoms with van der Waals surface area (Å²) in [4.78, 5) is 19.7. The Labute approximate surface area is 259 Å². The first kappa shape index (κ1) is 28.8. The fourth-order valence-corrected chi connectivity index (χ4v) is 6.48. The van der Waals surface area contributed by atoms with Crippen molar-refractivity contribution in [2.45, 2.75) is 51.2 Å². The summed E-state index contributed by atoms with van der Waals surface area (Å²) in [6, 6.07) is 15.8. The summed E-state index contributed by atoms with van der Waals surface area (Å²) in [5.74, 6) is -0.0297. The van der Waals surface area contributed by atoms with Crippen LogP contribution in [0.2, 0.25) is 5.02 Å². The third-order valence-corrected chi connectivity index (χ3v) is 9.12. The number of hydrogen-bond acceptors (Lipinski definition) is 7. The number of hydrogen-bond donors (Lipinski definition) is 0. The van der Waals surface area contributed by atoms with Gasteiger partial charge in [0.1, 0.15) is 11.6 Å². The summed E-state index contributed by atoms with van der Waals surface area (Å²) in [6.45, 7) is 6.84. The van der Waals surface area contributed by atoms with Gasteiger partial charge in [-0.3, -0.25) is 4.90 Å². The van der Waals surface area contributed by atoms with Crippen LogP contribution in [0.25, 0.3) is 16.6 Å².